The third kappa shape index (κ3) is 8.60. The summed E-state index contributed by atoms with van der Waals surface area (Å²) < 4.78 is 5.62. The van der Waals surface area contributed by atoms with E-state index in [1.54, 1.807) is 46.8 Å². The molecule has 0 saturated carbocycles. The Morgan fingerprint density at radius 2 is 1.63 bits per heavy atom. The van der Waals surface area contributed by atoms with Crippen LogP contribution in [0.1, 0.15) is 41.0 Å². The van der Waals surface area contributed by atoms with E-state index in [0.29, 0.717) is 5.75 Å². The fraction of sp³-hybridized carbons (Fsp3) is 0.609. The molecule has 4 atom stereocenters. The van der Waals surface area contributed by atoms with Crippen LogP contribution < -0.4 is 21.3 Å². The molecule has 0 aromatic carbocycles. The fourth-order valence-electron chi connectivity index (χ4n) is 3.37. The number of esters is 1. The summed E-state index contributed by atoms with van der Waals surface area (Å²) in [4.78, 5) is 64.9. The molecule has 0 aliphatic carbocycles. The third-order valence-electron chi connectivity index (χ3n) is 5.38. The van der Waals surface area contributed by atoms with Gasteiger partial charge in [-0.1, -0.05) is 61.4 Å². The minimum absolute atomic E-state index is 0.0466. The summed E-state index contributed by atoms with van der Waals surface area (Å²) in [5, 5.41) is 10.6. The van der Waals surface area contributed by atoms with Gasteiger partial charge in [0.1, 0.15) is 29.9 Å². The van der Waals surface area contributed by atoms with E-state index >= 15 is 0 Å². The molecule has 12 heteroatoms. The van der Waals surface area contributed by atoms with Crippen LogP contribution in [0.2, 0.25) is 0 Å². The molecule has 4 amide bonds. The van der Waals surface area contributed by atoms with Crippen molar-refractivity contribution in [2.24, 2.45) is 11.8 Å². The first-order valence-corrected chi connectivity index (χ1v) is 14.0. The van der Waals surface area contributed by atoms with E-state index in [1.807, 2.05) is 0 Å². The first-order valence-electron chi connectivity index (χ1n) is 11.5. The van der Waals surface area contributed by atoms with Crippen LogP contribution in [0.15, 0.2) is 23.9 Å². The van der Waals surface area contributed by atoms with E-state index in [1.165, 1.54) is 27.7 Å². The van der Waals surface area contributed by atoms with Crippen molar-refractivity contribution in [1.29, 1.82) is 0 Å². The van der Waals surface area contributed by atoms with Crippen LogP contribution >= 0.6 is 21.6 Å². The summed E-state index contributed by atoms with van der Waals surface area (Å²) in [5.41, 5.74) is -0.0466. The Morgan fingerprint density at radius 1 is 0.943 bits per heavy atom. The molecule has 3 aliphatic rings. The Balaban J connectivity index is 2.55. The number of carbonyl (C=O) groups is 5. The second kappa shape index (κ2) is 13.6. The maximum absolute atomic E-state index is 13.1. The highest BCUT2D eigenvalue weighted by molar-refractivity contribution is 8.76. The lowest BCUT2D eigenvalue weighted by atomic mass is 10.0. The molecule has 35 heavy (non-hydrogen) atoms. The fourth-order valence-corrected chi connectivity index (χ4v) is 5.35. The Hall–Kier alpha value is -2.47. The molecule has 0 aromatic heterocycles. The van der Waals surface area contributed by atoms with Gasteiger partial charge in [0.2, 0.25) is 17.7 Å². The Kier molecular flexibility index (Phi) is 11.2. The van der Waals surface area contributed by atoms with Gasteiger partial charge < -0.3 is 26.0 Å². The van der Waals surface area contributed by atoms with Crippen LogP contribution in [0.25, 0.3) is 0 Å². The van der Waals surface area contributed by atoms with Crippen molar-refractivity contribution in [1.82, 2.24) is 21.3 Å². The number of ether oxygens (including phenoxy) is 1. The lowest BCUT2D eigenvalue weighted by Crippen LogP contribution is -2.57. The number of hydrogen-bond acceptors (Lipinski definition) is 8. The van der Waals surface area contributed by atoms with Crippen molar-refractivity contribution in [2.45, 2.75) is 65.3 Å². The van der Waals surface area contributed by atoms with Crippen molar-refractivity contribution >= 4 is 51.2 Å². The molecule has 3 rings (SSSR count). The molecule has 1 fully saturated rings. The lowest BCUT2D eigenvalue weighted by molar-refractivity contribution is -0.153. The molecule has 0 radical (unpaired) electrons. The number of allylic oxidation sites excluding steroid dienone is 1. The first-order chi connectivity index (χ1) is 16.5. The quantitative estimate of drug-likeness (QED) is 0.137. The van der Waals surface area contributed by atoms with E-state index in [2.05, 4.69) is 21.3 Å². The minimum Gasteiger partial charge on any atom is -0.456 e. The number of rotatable bonds is 2. The number of hydrogen-bond donors (Lipinski definition) is 4. The predicted molar refractivity (Wildman–Crippen MR) is 136 cm³/mol. The summed E-state index contributed by atoms with van der Waals surface area (Å²) in [5.74, 6) is -2.75. The molecular weight excluding hydrogens is 492 g/mol. The van der Waals surface area contributed by atoms with Crippen LogP contribution in [0, 0.1) is 11.8 Å². The third-order valence-corrected chi connectivity index (χ3v) is 7.67. The highest BCUT2D eigenvalue weighted by Gasteiger charge is 2.33. The summed E-state index contributed by atoms with van der Waals surface area (Å²) in [7, 11) is 2.82. The molecule has 10 nitrogen and oxygen atoms in total. The van der Waals surface area contributed by atoms with Crippen LogP contribution in [-0.2, 0) is 28.7 Å². The van der Waals surface area contributed by atoms with Crippen molar-refractivity contribution in [3.8, 4) is 0 Å². The van der Waals surface area contributed by atoms with Gasteiger partial charge in [-0.25, -0.2) is 4.79 Å². The minimum atomic E-state index is -1.00. The Bertz CT molecular complexity index is 889. The average Bonchev–Trinajstić information content (AvgIpc) is 2.78. The number of nitrogens with one attached hydrogen (secondary N) is 4. The van der Waals surface area contributed by atoms with Crippen molar-refractivity contribution < 1.29 is 28.7 Å². The zero-order chi connectivity index (χ0) is 26.1. The molecule has 0 spiro atoms. The van der Waals surface area contributed by atoms with Crippen LogP contribution in [-0.4, -0.2) is 65.3 Å². The van der Waals surface area contributed by atoms with E-state index in [-0.39, 0.29) is 29.7 Å². The standard InChI is InChI=1S/C23H34N4O6S2/c1-6-15-20(29)27-19(13(4)5)23(32)33-14-8-7-9-34-35-11-16(21(30)24-15)25-22(31)18(12(2)3)26-17(28)10-14/h6-8,12-14,16,18-19H,9-11H2,1-5H3,(H,24,30)(H,25,31)(H,26,28)(H,27,29)/b8-7+,15-6-/t14-,16-,18?,19+/m1/s1. The van der Waals surface area contributed by atoms with Crippen molar-refractivity contribution in [3.63, 3.8) is 0 Å². The number of fused-ring (bicyclic) bond motifs is 16. The molecule has 0 aromatic rings. The molecule has 1 unspecified atom stereocenters. The van der Waals surface area contributed by atoms with Gasteiger partial charge in [-0.15, -0.1) is 0 Å². The van der Waals surface area contributed by atoms with Crippen molar-refractivity contribution in [3.05, 3.63) is 23.9 Å². The summed E-state index contributed by atoms with van der Waals surface area (Å²) in [6.45, 7) is 8.64. The van der Waals surface area contributed by atoms with E-state index < -0.39 is 53.8 Å². The van der Waals surface area contributed by atoms with Gasteiger partial charge in [0.05, 0.1) is 6.42 Å². The van der Waals surface area contributed by atoms with E-state index in [4.69, 9.17) is 4.74 Å². The van der Waals surface area contributed by atoms with E-state index in [0.717, 1.165) is 0 Å². The van der Waals surface area contributed by atoms with Crippen LogP contribution in [0.5, 0.6) is 0 Å². The zero-order valence-corrected chi connectivity index (χ0v) is 22.2. The summed E-state index contributed by atoms with van der Waals surface area (Å²) in [6, 6.07) is -2.86. The predicted octanol–water partition coefficient (Wildman–Crippen LogP) is 1.04. The molecule has 1 saturated heterocycles. The van der Waals surface area contributed by atoms with Gasteiger partial charge in [-0.05, 0) is 24.8 Å². The topological polar surface area (TPSA) is 143 Å². The van der Waals surface area contributed by atoms with Gasteiger partial charge in [0.25, 0.3) is 5.91 Å². The monoisotopic (exact) mass is 526 g/mol. The van der Waals surface area contributed by atoms with Gasteiger partial charge >= 0.3 is 5.97 Å². The first kappa shape index (κ1) is 28.8. The smallest absolute Gasteiger partial charge is 0.329 e. The lowest BCUT2D eigenvalue weighted by Gasteiger charge is -2.28. The molecule has 3 aliphatic heterocycles. The molecule has 3 heterocycles. The number of carbonyl (C=O) groups excluding carboxylic acids is 5. The zero-order valence-electron chi connectivity index (χ0n) is 20.6. The highest BCUT2D eigenvalue weighted by Crippen LogP contribution is 2.23. The highest BCUT2D eigenvalue weighted by atomic mass is 33.1. The van der Waals surface area contributed by atoms with Gasteiger partial charge in [-0.2, -0.15) is 0 Å². The number of amides is 4. The van der Waals surface area contributed by atoms with Crippen LogP contribution in [0.3, 0.4) is 0 Å². The van der Waals surface area contributed by atoms with Crippen LogP contribution in [0.4, 0.5) is 0 Å². The maximum atomic E-state index is 13.1. The molecular formula is C23H34N4O6S2. The Labute approximate surface area is 213 Å². The largest absolute Gasteiger partial charge is 0.456 e. The Morgan fingerprint density at radius 3 is 2.26 bits per heavy atom. The summed E-state index contributed by atoms with van der Waals surface area (Å²) in [6.07, 6.45) is 3.76. The molecule has 194 valence electrons. The normalized spacial score (nSPS) is 29.8. The summed E-state index contributed by atoms with van der Waals surface area (Å²) >= 11 is 0. The van der Waals surface area contributed by atoms with Gasteiger partial charge in [0.15, 0.2) is 0 Å². The van der Waals surface area contributed by atoms with E-state index in [9.17, 15) is 24.0 Å². The second-order valence-electron chi connectivity index (χ2n) is 8.91. The molecule has 2 bridgehead atoms. The maximum Gasteiger partial charge on any atom is 0.329 e. The average molecular weight is 527 g/mol. The van der Waals surface area contributed by atoms with Gasteiger partial charge in [-0.3, -0.25) is 19.2 Å². The van der Waals surface area contributed by atoms with Crippen molar-refractivity contribution in [2.75, 3.05) is 11.5 Å². The second-order valence-corrected chi connectivity index (χ2v) is 11.5. The van der Waals surface area contributed by atoms with Gasteiger partial charge in [0, 0.05) is 11.5 Å². The SMILES string of the molecule is C/C=C1\NC(=O)[C@H]2CSSC/C=C/[C@H](CC(=O)NC(C(C)C)C(=O)N2)OC(=O)[C@H](C(C)C)NC1=O. The molecule has 4 N–H and O–H groups in total.